The number of aliphatic carboxylic acids is 1. The number of rotatable bonds is 4. The second-order valence-corrected chi connectivity index (χ2v) is 5.00. The van der Waals surface area contributed by atoms with Gasteiger partial charge in [-0.3, -0.25) is 9.59 Å². The minimum absolute atomic E-state index is 0.0582. The molecule has 1 saturated carbocycles. The molecule has 0 radical (unpaired) electrons. The van der Waals surface area contributed by atoms with E-state index >= 15 is 0 Å². The number of benzene rings is 1. The van der Waals surface area contributed by atoms with Gasteiger partial charge in [-0.15, -0.1) is 0 Å². The monoisotopic (exact) mass is 246 g/mol. The average Bonchev–Trinajstić information content (AvgIpc) is 2.34. The molecule has 18 heavy (non-hydrogen) atoms. The number of hydrogen-bond donors (Lipinski definition) is 1. The van der Waals surface area contributed by atoms with Crippen LogP contribution in [0.1, 0.15) is 36.8 Å². The smallest absolute Gasteiger partial charge is 0.307 e. The van der Waals surface area contributed by atoms with Crippen LogP contribution in [0.2, 0.25) is 0 Å². The number of carbonyl (C=O) groups excluding carboxylic acids is 1. The summed E-state index contributed by atoms with van der Waals surface area (Å²) in [4.78, 5) is 22.3. The molecule has 1 aromatic rings. The summed E-state index contributed by atoms with van der Waals surface area (Å²) in [5.74, 6) is -0.259. The molecule has 0 saturated heterocycles. The van der Waals surface area contributed by atoms with E-state index in [4.69, 9.17) is 5.11 Å². The predicted molar refractivity (Wildman–Crippen MR) is 68.5 cm³/mol. The van der Waals surface area contributed by atoms with Crippen molar-refractivity contribution in [3.63, 3.8) is 0 Å². The Morgan fingerprint density at radius 3 is 2.44 bits per heavy atom. The molecule has 1 atom stereocenters. The standard InChI is InChI=1S/C15H18O3/c16-14-4-2-1-3-13(14)9-11-5-7-12(8-6-11)10-15(17)18/h5-8,13H,1-4,9-10H2,(H,17,18). The molecule has 2 rings (SSSR count). The lowest BCUT2D eigenvalue weighted by molar-refractivity contribution is -0.136. The molecule has 1 fully saturated rings. The summed E-state index contributed by atoms with van der Waals surface area (Å²) in [7, 11) is 0. The zero-order valence-electron chi connectivity index (χ0n) is 10.4. The summed E-state index contributed by atoms with van der Waals surface area (Å²) in [6, 6.07) is 7.58. The molecule has 0 heterocycles. The third-order valence-electron chi connectivity index (χ3n) is 3.54. The first-order chi connectivity index (χ1) is 8.65. The Kier molecular flexibility index (Phi) is 4.13. The quantitative estimate of drug-likeness (QED) is 0.888. The summed E-state index contributed by atoms with van der Waals surface area (Å²) >= 11 is 0. The minimum atomic E-state index is -0.815. The van der Waals surface area contributed by atoms with Crippen molar-refractivity contribution in [2.45, 2.75) is 38.5 Å². The fraction of sp³-hybridized carbons (Fsp3) is 0.467. The van der Waals surface area contributed by atoms with Crippen LogP contribution in [-0.4, -0.2) is 16.9 Å². The van der Waals surface area contributed by atoms with Crippen LogP contribution in [0.5, 0.6) is 0 Å². The van der Waals surface area contributed by atoms with Crippen LogP contribution in [0.3, 0.4) is 0 Å². The van der Waals surface area contributed by atoms with Crippen molar-refractivity contribution in [3.05, 3.63) is 35.4 Å². The van der Waals surface area contributed by atoms with Gasteiger partial charge in [0.15, 0.2) is 0 Å². The van der Waals surface area contributed by atoms with Gasteiger partial charge in [-0.1, -0.05) is 30.7 Å². The van der Waals surface area contributed by atoms with Crippen molar-refractivity contribution in [2.24, 2.45) is 5.92 Å². The van der Waals surface area contributed by atoms with Gasteiger partial charge in [-0.05, 0) is 30.4 Å². The van der Waals surface area contributed by atoms with Crippen LogP contribution in [0.25, 0.3) is 0 Å². The first-order valence-corrected chi connectivity index (χ1v) is 6.47. The highest BCUT2D eigenvalue weighted by molar-refractivity contribution is 5.81. The summed E-state index contributed by atoms with van der Waals surface area (Å²) in [5.41, 5.74) is 1.94. The van der Waals surface area contributed by atoms with E-state index < -0.39 is 5.97 Å². The van der Waals surface area contributed by atoms with Crippen LogP contribution in [-0.2, 0) is 22.4 Å². The van der Waals surface area contributed by atoms with Gasteiger partial charge in [0.05, 0.1) is 6.42 Å². The fourth-order valence-electron chi connectivity index (χ4n) is 2.52. The molecule has 1 aromatic carbocycles. The molecule has 0 amide bonds. The normalized spacial score (nSPS) is 19.8. The SMILES string of the molecule is O=C(O)Cc1ccc(CC2CCCCC2=O)cc1. The van der Waals surface area contributed by atoms with Crippen molar-refractivity contribution >= 4 is 11.8 Å². The third kappa shape index (κ3) is 3.42. The number of ketones is 1. The van der Waals surface area contributed by atoms with E-state index in [2.05, 4.69) is 0 Å². The van der Waals surface area contributed by atoms with Crippen LogP contribution < -0.4 is 0 Å². The minimum Gasteiger partial charge on any atom is -0.481 e. The van der Waals surface area contributed by atoms with E-state index in [1.165, 1.54) is 0 Å². The van der Waals surface area contributed by atoms with Gasteiger partial charge in [0.2, 0.25) is 0 Å². The molecule has 0 spiro atoms. The van der Waals surface area contributed by atoms with Crippen LogP contribution >= 0.6 is 0 Å². The average molecular weight is 246 g/mol. The van der Waals surface area contributed by atoms with E-state index in [9.17, 15) is 9.59 Å². The lowest BCUT2D eigenvalue weighted by atomic mass is 9.83. The molecule has 3 nitrogen and oxygen atoms in total. The van der Waals surface area contributed by atoms with Crippen molar-refractivity contribution in [3.8, 4) is 0 Å². The van der Waals surface area contributed by atoms with Crippen LogP contribution in [0.15, 0.2) is 24.3 Å². The van der Waals surface area contributed by atoms with Gasteiger partial charge in [0.1, 0.15) is 5.78 Å². The molecule has 0 bridgehead atoms. The molecule has 3 heteroatoms. The van der Waals surface area contributed by atoms with Crippen molar-refractivity contribution < 1.29 is 14.7 Å². The van der Waals surface area contributed by atoms with Gasteiger partial charge in [-0.2, -0.15) is 0 Å². The Hall–Kier alpha value is -1.64. The van der Waals surface area contributed by atoms with E-state index in [0.717, 1.165) is 43.2 Å². The molecule has 0 aliphatic heterocycles. The zero-order chi connectivity index (χ0) is 13.0. The Morgan fingerprint density at radius 1 is 1.17 bits per heavy atom. The molecular formula is C15H18O3. The number of carbonyl (C=O) groups is 2. The van der Waals surface area contributed by atoms with E-state index in [-0.39, 0.29) is 12.3 Å². The van der Waals surface area contributed by atoms with Gasteiger partial charge in [0.25, 0.3) is 0 Å². The summed E-state index contributed by atoms with van der Waals surface area (Å²) < 4.78 is 0. The second-order valence-electron chi connectivity index (χ2n) is 5.00. The maximum Gasteiger partial charge on any atom is 0.307 e. The highest BCUT2D eigenvalue weighted by atomic mass is 16.4. The highest BCUT2D eigenvalue weighted by Crippen LogP contribution is 2.24. The van der Waals surface area contributed by atoms with Crippen LogP contribution in [0, 0.1) is 5.92 Å². The van der Waals surface area contributed by atoms with Crippen molar-refractivity contribution in [1.29, 1.82) is 0 Å². The lowest BCUT2D eigenvalue weighted by Crippen LogP contribution is -2.21. The highest BCUT2D eigenvalue weighted by Gasteiger charge is 2.22. The Balaban J connectivity index is 1.97. The molecule has 96 valence electrons. The summed E-state index contributed by atoms with van der Waals surface area (Å²) in [6.07, 6.45) is 4.76. The van der Waals surface area contributed by atoms with E-state index in [0.29, 0.717) is 5.78 Å². The van der Waals surface area contributed by atoms with E-state index in [1.807, 2.05) is 24.3 Å². The van der Waals surface area contributed by atoms with Gasteiger partial charge in [-0.25, -0.2) is 0 Å². The number of carboxylic acid groups (broad SMARTS) is 1. The molecular weight excluding hydrogens is 228 g/mol. The number of Topliss-reactive ketones (excluding diaryl/α,β-unsaturated/α-hetero) is 1. The Labute approximate surface area is 107 Å². The Morgan fingerprint density at radius 2 is 1.83 bits per heavy atom. The Bertz CT molecular complexity index is 434. The van der Waals surface area contributed by atoms with Gasteiger partial charge >= 0.3 is 5.97 Å². The van der Waals surface area contributed by atoms with Gasteiger partial charge in [0, 0.05) is 12.3 Å². The molecule has 1 unspecified atom stereocenters. The van der Waals surface area contributed by atoms with Crippen molar-refractivity contribution in [2.75, 3.05) is 0 Å². The summed E-state index contributed by atoms with van der Waals surface area (Å²) in [5, 5.41) is 8.69. The first kappa shape index (κ1) is 12.8. The predicted octanol–water partition coefficient (Wildman–Crippen LogP) is 2.62. The molecule has 0 aromatic heterocycles. The largest absolute Gasteiger partial charge is 0.481 e. The van der Waals surface area contributed by atoms with Gasteiger partial charge < -0.3 is 5.11 Å². The topological polar surface area (TPSA) is 54.4 Å². The molecule has 1 aliphatic carbocycles. The third-order valence-corrected chi connectivity index (χ3v) is 3.54. The van der Waals surface area contributed by atoms with E-state index in [1.54, 1.807) is 0 Å². The molecule has 1 aliphatic rings. The number of carboxylic acids is 1. The fourth-order valence-corrected chi connectivity index (χ4v) is 2.52. The second kappa shape index (κ2) is 5.80. The lowest BCUT2D eigenvalue weighted by Gasteiger charge is -2.20. The summed E-state index contributed by atoms with van der Waals surface area (Å²) in [6.45, 7) is 0. The van der Waals surface area contributed by atoms with Crippen LogP contribution in [0.4, 0.5) is 0 Å². The maximum absolute atomic E-state index is 11.7. The zero-order valence-corrected chi connectivity index (χ0v) is 10.4. The van der Waals surface area contributed by atoms with Crippen molar-refractivity contribution in [1.82, 2.24) is 0 Å². The molecule has 1 N–H and O–H groups in total. The number of hydrogen-bond acceptors (Lipinski definition) is 2. The first-order valence-electron chi connectivity index (χ1n) is 6.47. The maximum atomic E-state index is 11.7.